The van der Waals surface area contributed by atoms with Gasteiger partial charge in [-0.05, 0) is 13.0 Å². The van der Waals surface area contributed by atoms with Gasteiger partial charge < -0.3 is 34.1 Å². The van der Waals surface area contributed by atoms with E-state index >= 15 is 0 Å². The van der Waals surface area contributed by atoms with Crippen LogP contribution in [0, 0.1) is 0 Å². The van der Waals surface area contributed by atoms with Gasteiger partial charge in [-0.2, -0.15) is 0 Å². The zero-order valence-electron chi connectivity index (χ0n) is 17.8. The average molecular weight is 496 g/mol. The molecule has 0 aliphatic carbocycles. The van der Waals surface area contributed by atoms with Crippen LogP contribution in [0.2, 0.25) is 0 Å². The number of piperazine rings is 1. The van der Waals surface area contributed by atoms with E-state index in [2.05, 4.69) is 25.2 Å². The number of halogens is 3. The molecule has 3 fully saturated rings. The fraction of sp³-hybridized carbons (Fsp3) is 0.400. The molecule has 2 unspecified atom stereocenters. The third kappa shape index (κ3) is 3.44. The van der Waals surface area contributed by atoms with Crippen molar-refractivity contribution in [2.45, 2.75) is 31.3 Å². The van der Waals surface area contributed by atoms with Crippen LogP contribution in [0.25, 0.3) is 21.7 Å². The minimum Gasteiger partial charge on any atom is -0.530 e. The van der Waals surface area contributed by atoms with Gasteiger partial charge in [0.25, 0.3) is 0 Å². The Morgan fingerprint density at radius 3 is 2.88 bits per heavy atom. The molecule has 180 valence electrons. The number of aromatic nitrogens is 2. The molecular weight excluding hydrogens is 479 g/mol. The lowest BCUT2D eigenvalue weighted by molar-refractivity contribution is -0.291. The molecule has 6 rings (SSSR count). The number of alkyl halides is 3. The predicted molar refractivity (Wildman–Crippen MR) is 111 cm³/mol. The highest BCUT2D eigenvalue weighted by molar-refractivity contribution is 7.13. The number of hydrogen-bond donors (Lipinski definition) is 1. The summed E-state index contributed by atoms with van der Waals surface area (Å²) in [5, 5.41) is 20.8. The van der Waals surface area contributed by atoms with Gasteiger partial charge in [0.2, 0.25) is 5.89 Å². The van der Waals surface area contributed by atoms with Gasteiger partial charge >= 0.3 is 6.36 Å². The largest absolute Gasteiger partial charge is 0.573 e. The number of hydrogen-bond acceptors (Lipinski definition) is 10. The highest BCUT2D eigenvalue weighted by Crippen LogP contribution is 2.49. The molecule has 2 atom stereocenters. The predicted octanol–water partition coefficient (Wildman–Crippen LogP) is 2.44. The second-order valence-corrected chi connectivity index (χ2v) is 8.79. The molecule has 2 aromatic heterocycles. The molecule has 3 aromatic rings. The number of ether oxygens (including phenoxy) is 1. The van der Waals surface area contributed by atoms with E-state index in [1.54, 1.807) is 5.38 Å². The van der Waals surface area contributed by atoms with Crippen molar-refractivity contribution in [1.29, 1.82) is 0 Å². The number of oxazole rings is 1. The van der Waals surface area contributed by atoms with Crippen LogP contribution in [0.15, 0.2) is 27.2 Å². The number of carbonyl (C=O) groups is 1. The molecule has 0 spiro atoms. The van der Waals surface area contributed by atoms with E-state index in [4.69, 9.17) is 9.25 Å². The lowest BCUT2D eigenvalue weighted by Gasteiger charge is -2.61. The van der Waals surface area contributed by atoms with Crippen LogP contribution in [-0.2, 0) is 10.4 Å². The second-order valence-electron chi connectivity index (χ2n) is 7.90. The average Bonchev–Trinajstić information content (AvgIpc) is 3.43. The van der Waals surface area contributed by atoms with Crippen LogP contribution in [0.5, 0.6) is 5.75 Å². The number of carboxylic acid groups (broad SMARTS) is 1. The van der Waals surface area contributed by atoms with E-state index < -0.39 is 23.7 Å². The number of rotatable bonds is 5. The first-order chi connectivity index (χ1) is 16.1. The maximum absolute atomic E-state index is 13.4. The summed E-state index contributed by atoms with van der Waals surface area (Å²) in [6.45, 7) is 2.06. The fourth-order valence-corrected chi connectivity index (χ4v) is 5.27. The van der Waals surface area contributed by atoms with E-state index in [1.807, 2.05) is 0 Å². The fourth-order valence-electron chi connectivity index (χ4n) is 4.62. The smallest absolute Gasteiger partial charge is 0.530 e. The Morgan fingerprint density at radius 1 is 1.47 bits per heavy atom. The SMILES string of the molecule is CON=C(C)c1cc(-c2nccs2)c2oc(C34CNCC(C3)N4C(=O)[O-])nc2c1OC(F)(F)F. The Hall–Kier alpha value is -3.39. The van der Waals surface area contributed by atoms with Crippen LogP contribution >= 0.6 is 11.3 Å². The highest BCUT2D eigenvalue weighted by atomic mass is 32.1. The highest BCUT2D eigenvalue weighted by Gasteiger charge is 2.59. The Morgan fingerprint density at radius 2 is 2.26 bits per heavy atom. The van der Waals surface area contributed by atoms with Gasteiger partial charge in [-0.1, -0.05) is 5.16 Å². The minimum atomic E-state index is -5.04. The van der Waals surface area contributed by atoms with Crippen LogP contribution < -0.4 is 15.2 Å². The van der Waals surface area contributed by atoms with E-state index in [0.717, 1.165) is 4.90 Å². The summed E-state index contributed by atoms with van der Waals surface area (Å²) in [4.78, 5) is 26.3. The first kappa shape index (κ1) is 22.4. The maximum Gasteiger partial charge on any atom is 0.573 e. The Bertz CT molecular complexity index is 1290. The molecule has 1 aromatic carbocycles. The topological polar surface area (TPSA) is 125 Å². The molecule has 1 amide bonds. The summed E-state index contributed by atoms with van der Waals surface area (Å²) in [5.74, 6) is -0.689. The van der Waals surface area contributed by atoms with E-state index in [0.29, 0.717) is 23.5 Å². The monoisotopic (exact) mass is 496 g/mol. The summed E-state index contributed by atoms with van der Waals surface area (Å²) < 4.78 is 50.6. The molecule has 3 aliphatic heterocycles. The molecule has 34 heavy (non-hydrogen) atoms. The van der Waals surface area contributed by atoms with E-state index in [1.165, 1.54) is 37.6 Å². The van der Waals surface area contributed by atoms with Crippen LogP contribution in [0.4, 0.5) is 18.0 Å². The number of nitrogens with one attached hydrogen (secondary N) is 1. The summed E-state index contributed by atoms with van der Waals surface area (Å²) in [6, 6.07) is 1.07. The summed E-state index contributed by atoms with van der Waals surface area (Å²) in [7, 11) is 1.26. The van der Waals surface area contributed by atoms with Crippen LogP contribution in [0.3, 0.4) is 0 Å². The van der Waals surface area contributed by atoms with Crippen molar-refractivity contribution in [3.05, 3.63) is 29.1 Å². The van der Waals surface area contributed by atoms with Gasteiger partial charge in [-0.15, -0.1) is 24.5 Å². The normalized spacial score (nSPS) is 22.6. The Kier molecular flexibility index (Phi) is 5.16. The molecule has 1 N–H and O–H groups in total. The van der Waals surface area contributed by atoms with Gasteiger partial charge in [-0.3, -0.25) is 0 Å². The standard InChI is InChI=1S/C20H18F3N5O5S/c1-9(27-31-2)11-5-12(16-25-3-4-34-16)14-13(15(11)33-20(21,22)23)26-17(32-14)19-6-10(7-24-8-19)28(19)18(29)30/h3-5,10,24H,6-8H2,1-2H3,(H,29,30)/p-1. The number of nitrogens with zero attached hydrogens (tertiary/aromatic N) is 4. The lowest BCUT2D eigenvalue weighted by atomic mass is 9.75. The zero-order chi connectivity index (χ0) is 24.3. The van der Waals surface area contributed by atoms with E-state index in [-0.39, 0.29) is 40.9 Å². The first-order valence-corrected chi connectivity index (χ1v) is 11.0. The summed E-state index contributed by atoms with van der Waals surface area (Å²) in [6.07, 6.45) is -4.52. The minimum absolute atomic E-state index is 0.0140. The van der Waals surface area contributed by atoms with Crippen molar-refractivity contribution >= 4 is 34.2 Å². The second kappa shape index (κ2) is 7.84. The van der Waals surface area contributed by atoms with Gasteiger partial charge in [0, 0.05) is 42.7 Å². The number of piperidine rings is 1. The number of fused-ring (bicyclic) bond motifs is 3. The maximum atomic E-state index is 13.4. The third-order valence-electron chi connectivity index (χ3n) is 5.91. The van der Waals surface area contributed by atoms with Gasteiger partial charge in [0.1, 0.15) is 23.7 Å². The van der Waals surface area contributed by atoms with Crippen LogP contribution in [-0.4, -0.2) is 59.3 Å². The lowest BCUT2D eigenvalue weighted by Crippen LogP contribution is -2.77. The molecule has 10 nitrogen and oxygen atoms in total. The molecule has 14 heteroatoms. The van der Waals surface area contributed by atoms with Crippen molar-refractivity contribution in [2.24, 2.45) is 5.16 Å². The Balaban J connectivity index is 1.79. The third-order valence-corrected chi connectivity index (χ3v) is 6.72. The molecule has 5 heterocycles. The number of amides is 1. The van der Waals surface area contributed by atoms with Gasteiger partial charge in [0.15, 0.2) is 16.8 Å². The molecule has 0 radical (unpaired) electrons. The summed E-state index contributed by atoms with van der Waals surface area (Å²) in [5.41, 5.74) is -1.02. The van der Waals surface area contributed by atoms with Gasteiger partial charge in [-0.25, -0.2) is 9.97 Å². The number of oxime groups is 1. The molecule has 3 aliphatic rings. The molecule has 2 bridgehead atoms. The first-order valence-electron chi connectivity index (χ1n) is 10.1. The van der Waals surface area contributed by atoms with Crippen molar-refractivity contribution in [3.63, 3.8) is 0 Å². The number of thiazole rings is 1. The van der Waals surface area contributed by atoms with Crippen molar-refractivity contribution in [1.82, 2.24) is 20.2 Å². The Labute approximate surface area is 194 Å². The zero-order valence-corrected chi connectivity index (χ0v) is 18.6. The number of carbonyl (C=O) groups excluding carboxylic acids is 1. The molecular formula is C20H17F3N5O5S-. The van der Waals surface area contributed by atoms with Crippen LogP contribution in [0.1, 0.15) is 24.8 Å². The van der Waals surface area contributed by atoms with Crippen molar-refractivity contribution in [2.75, 3.05) is 20.2 Å². The number of benzene rings is 1. The quantitative estimate of drug-likeness (QED) is 0.422. The summed E-state index contributed by atoms with van der Waals surface area (Å²) >= 11 is 1.24. The molecule has 3 saturated heterocycles. The van der Waals surface area contributed by atoms with Crippen molar-refractivity contribution < 1.29 is 37.1 Å². The molecule has 0 saturated carbocycles. The van der Waals surface area contributed by atoms with Gasteiger partial charge in [0.05, 0.1) is 11.3 Å². The van der Waals surface area contributed by atoms with E-state index in [9.17, 15) is 23.1 Å². The van der Waals surface area contributed by atoms with Crippen molar-refractivity contribution in [3.8, 4) is 16.3 Å².